The monoisotopic (exact) mass is 267 g/mol. The van der Waals surface area contributed by atoms with Gasteiger partial charge < -0.3 is 21.1 Å². The highest BCUT2D eigenvalue weighted by molar-refractivity contribution is 5.82. The number of nitrogens with zero attached hydrogens (tertiary/aromatic N) is 2. The first kappa shape index (κ1) is 15.2. The normalized spacial score (nSPS) is 11.2. The molecule has 0 saturated heterocycles. The minimum Gasteiger partial charge on any atom is -0.384 e. The van der Waals surface area contributed by atoms with Gasteiger partial charge in [0.15, 0.2) is 5.82 Å². The van der Waals surface area contributed by atoms with Gasteiger partial charge in [-0.3, -0.25) is 4.79 Å². The number of anilines is 2. The Hall–Kier alpha value is -1.89. The van der Waals surface area contributed by atoms with E-state index in [9.17, 15) is 4.79 Å². The molecule has 106 valence electrons. The molecule has 4 N–H and O–H groups in total. The summed E-state index contributed by atoms with van der Waals surface area (Å²) in [7, 11) is 3.18. The van der Waals surface area contributed by atoms with Gasteiger partial charge in [0.25, 0.3) is 0 Å². The SMILES string of the molecule is CNC(=O)C(C)(C)CNc1cc(N)nc(COC)n1. The van der Waals surface area contributed by atoms with Crippen LogP contribution in [0.1, 0.15) is 19.7 Å². The summed E-state index contributed by atoms with van der Waals surface area (Å²) in [4.78, 5) is 20.0. The van der Waals surface area contributed by atoms with Crippen LogP contribution in [0.25, 0.3) is 0 Å². The Kier molecular flexibility index (Phi) is 5.05. The van der Waals surface area contributed by atoms with Gasteiger partial charge in [0.1, 0.15) is 18.2 Å². The van der Waals surface area contributed by atoms with Gasteiger partial charge in [0.05, 0.1) is 5.41 Å². The summed E-state index contributed by atoms with van der Waals surface area (Å²) in [5.41, 5.74) is 5.14. The van der Waals surface area contributed by atoms with Gasteiger partial charge in [0, 0.05) is 26.8 Å². The summed E-state index contributed by atoms with van der Waals surface area (Å²) in [6.07, 6.45) is 0. The molecule has 1 heterocycles. The first-order chi connectivity index (χ1) is 8.89. The molecule has 7 heteroatoms. The molecule has 0 atom stereocenters. The van der Waals surface area contributed by atoms with E-state index in [1.807, 2.05) is 13.8 Å². The Labute approximate surface area is 113 Å². The van der Waals surface area contributed by atoms with Crippen molar-refractivity contribution in [3.63, 3.8) is 0 Å². The van der Waals surface area contributed by atoms with E-state index in [4.69, 9.17) is 10.5 Å². The molecule has 1 aromatic rings. The van der Waals surface area contributed by atoms with Crippen molar-refractivity contribution in [1.82, 2.24) is 15.3 Å². The Balaban J connectivity index is 2.74. The molecule has 1 amide bonds. The molecular formula is C12H21N5O2. The first-order valence-electron chi connectivity index (χ1n) is 5.97. The highest BCUT2D eigenvalue weighted by Crippen LogP contribution is 2.17. The lowest BCUT2D eigenvalue weighted by Crippen LogP contribution is -2.39. The van der Waals surface area contributed by atoms with Crippen LogP contribution in [0.3, 0.4) is 0 Å². The standard InChI is InChI=1S/C12H21N5O2/c1-12(2,11(18)14-3)7-15-9-5-8(13)16-10(17-9)6-19-4/h5H,6-7H2,1-4H3,(H,14,18)(H3,13,15,16,17). The number of hydrogen-bond donors (Lipinski definition) is 3. The quantitative estimate of drug-likeness (QED) is 0.689. The van der Waals surface area contributed by atoms with Crippen molar-refractivity contribution in [2.45, 2.75) is 20.5 Å². The van der Waals surface area contributed by atoms with Gasteiger partial charge in [-0.1, -0.05) is 0 Å². The van der Waals surface area contributed by atoms with E-state index in [1.54, 1.807) is 20.2 Å². The second-order valence-electron chi connectivity index (χ2n) is 4.84. The van der Waals surface area contributed by atoms with Crippen molar-refractivity contribution in [2.75, 3.05) is 31.8 Å². The zero-order valence-corrected chi connectivity index (χ0v) is 11.8. The van der Waals surface area contributed by atoms with Gasteiger partial charge in [-0.25, -0.2) is 9.97 Å². The maximum Gasteiger partial charge on any atom is 0.227 e. The predicted molar refractivity (Wildman–Crippen MR) is 73.5 cm³/mol. The summed E-state index contributed by atoms with van der Waals surface area (Å²) in [6, 6.07) is 1.62. The first-order valence-corrected chi connectivity index (χ1v) is 5.97. The van der Waals surface area contributed by atoms with Crippen LogP contribution in [0, 0.1) is 5.41 Å². The second-order valence-corrected chi connectivity index (χ2v) is 4.84. The number of carbonyl (C=O) groups is 1. The van der Waals surface area contributed by atoms with Crippen LogP contribution in [-0.4, -0.2) is 36.6 Å². The molecule has 7 nitrogen and oxygen atoms in total. The molecule has 0 bridgehead atoms. The van der Waals surface area contributed by atoms with Crippen molar-refractivity contribution >= 4 is 17.5 Å². The van der Waals surface area contributed by atoms with E-state index >= 15 is 0 Å². The smallest absolute Gasteiger partial charge is 0.227 e. The Morgan fingerprint density at radius 2 is 2.16 bits per heavy atom. The summed E-state index contributed by atoms with van der Waals surface area (Å²) in [6.45, 7) is 4.42. The number of hydrogen-bond acceptors (Lipinski definition) is 6. The van der Waals surface area contributed by atoms with Crippen LogP contribution in [0.4, 0.5) is 11.6 Å². The average Bonchev–Trinajstić information content (AvgIpc) is 2.35. The third-order valence-corrected chi connectivity index (χ3v) is 2.62. The van der Waals surface area contributed by atoms with Gasteiger partial charge in [-0.2, -0.15) is 0 Å². The number of carbonyl (C=O) groups excluding carboxylic acids is 1. The number of ether oxygens (including phenoxy) is 1. The summed E-state index contributed by atoms with van der Waals surface area (Å²) in [5.74, 6) is 1.40. The number of rotatable bonds is 6. The molecule has 1 rings (SSSR count). The fourth-order valence-corrected chi connectivity index (χ4v) is 1.53. The predicted octanol–water partition coefficient (Wildman–Crippen LogP) is 0.389. The van der Waals surface area contributed by atoms with Crippen molar-refractivity contribution in [1.29, 1.82) is 0 Å². The molecular weight excluding hydrogens is 246 g/mol. The van der Waals surface area contributed by atoms with Crippen LogP contribution in [-0.2, 0) is 16.1 Å². The van der Waals surface area contributed by atoms with Crippen LogP contribution in [0.15, 0.2) is 6.07 Å². The third-order valence-electron chi connectivity index (χ3n) is 2.62. The zero-order chi connectivity index (χ0) is 14.5. The fraction of sp³-hybridized carbons (Fsp3) is 0.583. The van der Waals surface area contributed by atoms with E-state index < -0.39 is 5.41 Å². The topological polar surface area (TPSA) is 102 Å². The molecule has 0 aliphatic heterocycles. The summed E-state index contributed by atoms with van der Waals surface area (Å²) in [5, 5.41) is 5.72. The molecule has 0 saturated carbocycles. The Morgan fingerprint density at radius 3 is 2.74 bits per heavy atom. The number of nitrogen functional groups attached to an aromatic ring is 1. The minimum atomic E-state index is -0.546. The molecule has 0 unspecified atom stereocenters. The average molecular weight is 267 g/mol. The van der Waals surface area contributed by atoms with Crippen molar-refractivity contribution in [3.05, 3.63) is 11.9 Å². The number of amides is 1. The maximum absolute atomic E-state index is 11.7. The van der Waals surface area contributed by atoms with Crippen LogP contribution in [0.2, 0.25) is 0 Å². The highest BCUT2D eigenvalue weighted by Gasteiger charge is 2.26. The Morgan fingerprint density at radius 1 is 1.47 bits per heavy atom. The van der Waals surface area contributed by atoms with Gasteiger partial charge >= 0.3 is 0 Å². The number of methoxy groups -OCH3 is 1. The molecule has 0 spiro atoms. The molecule has 0 aromatic carbocycles. The minimum absolute atomic E-state index is 0.0425. The van der Waals surface area contributed by atoms with Gasteiger partial charge in [-0.15, -0.1) is 0 Å². The molecule has 0 aliphatic rings. The van der Waals surface area contributed by atoms with Crippen molar-refractivity contribution in [3.8, 4) is 0 Å². The maximum atomic E-state index is 11.7. The van der Waals surface area contributed by atoms with Crippen molar-refractivity contribution in [2.24, 2.45) is 5.41 Å². The van der Waals surface area contributed by atoms with E-state index in [0.717, 1.165) is 0 Å². The van der Waals surface area contributed by atoms with E-state index in [1.165, 1.54) is 0 Å². The molecule has 1 aromatic heterocycles. The number of nitrogens with two attached hydrogens (primary N) is 1. The Bertz CT molecular complexity index is 448. The second kappa shape index (κ2) is 6.33. The largest absolute Gasteiger partial charge is 0.384 e. The van der Waals surface area contributed by atoms with Gasteiger partial charge in [-0.05, 0) is 13.8 Å². The molecule has 0 radical (unpaired) electrons. The third kappa shape index (κ3) is 4.36. The summed E-state index contributed by atoms with van der Waals surface area (Å²) < 4.78 is 4.97. The number of nitrogens with one attached hydrogen (secondary N) is 2. The molecule has 19 heavy (non-hydrogen) atoms. The highest BCUT2D eigenvalue weighted by atomic mass is 16.5. The molecule has 0 fully saturated rings. The zero-order valence-electron chi connectivity index (χ0n) is 11.8. The number of aromatic nitrogens is 2. The van der Waals surface area contributed by atoms with Gasteiger partial charge in [0.2, 0.25) is 5.91 Å². The van der Waals surface area contributed by atoms with Crippen LogP contribution < -0.4 is 16.4 Å². The molecule has 0 aliphatic carbocycles. The lowest BCUT2D eigenvalue weighted by molar-refractivity contribution is -0.128. The lowest BCUT2D eigenvalue weighted by Gasteiger charge is -2.23. The van der Waals surface area contributed by atoms with Crippen LogP contribution >= 0.6 is 0 Å². The lowest BCUT2D eigenvalue weighted by atomic mass is 9.92. The van der Waals surface area contributed by atoms with Crippen LogP contribution in [0.5, 0.6) is 0 Å². The van der Waals surface area contributed by atoms with Crippen molar-refractivity contribution < 1.29 is 9.53 Å². The van der Waals surface area contributed by atoms with E-state index in [0.29, 0.717) is 30.6 Å². The fourth-order valence-electron chi connectivity index (χ4n) is 1.53. The summed E-state index contributed by atoms with van der Waals surface area (Å²) >= 11 is 0. The van der Waals surface area contributed by atoms with E-state index in [2.05, 4.69) is 20.6 Å². The van der Waals surface area contributed by atoms with E-state index in [-0.39, 0.29) is 5.91 Å².